The lowest BCUT2D eigenvalue weighted by atomic mass is 10.2. The number of methoxy groups -OCH3 is 1. The van der Waals surface area contributed by atoms with E-state index in [9.17, 15) is 4.79 Å². The Morgan fingerprint density at radius 2 is 2.13 bits per heavy atom. The molecule has 3 rings (SSSR count). The van der Waals surface area contributed by atoms with E-state index in [1.165, 1.54) is 7.11 Å². The number of ether oxygens (including phenoxy) is 1. The van der Waals surface area contributed by atoms with Crippen molar-refractivity contribution < 1.29 is 9.53 Å². The number of benzene rings is 1. The van der Waals surface area contributed by atoms with E-state index >= 15 is 0 Å². The second-order valence-electron chi connectivity index (χ2n) is 4.55. The van der Waals surface area contributed by atoms with Crippen LogP contribution in [0.25, 0.3) is 16.3 Å². The summed E-state index contributed by atoms with van der Waals surface area (Å²) in [6.45, 7) is 0. The quantitative estimate of drug-likeness (QED) is 0.591. The van der Waals surface area contributed by atoms with E-state index < -0.39 is 6.09 Å². The minimum absolute atomic E-state index is 0.616. The second-order valence-corrected chi connectivity index (χ2v) is 5.50. The summed E-state index contributed by atoms with van der Waals surface area (Å²) < 4.78 is 6.27. The molecule has 0 unspecified atom stereocenters. The maximum absolute atomic E-state index is 11.1. The molecule has 1 amide bonds. The predicted octanol–water partition coefficient (Wildman–Crippen LogP) is 3.29. The van der Waals surface area contributed by atoms with E-state index in [1.54, 1.807) is 22.2 Å². The third-order valence-corrected chi connectivity index (χ3v) is 3.94. The van der Waals surface area contributed by atoms with Crippen molar-refractivity contribution >= 4 is 23.6 Å². The van der Waals surface area contributed by atoms with E-state index in [1.807, 2.05) is 54.0 Å². The van der Waals surface area contributed by atoms with Gasteiger partial charge in [-0.05, 0) is 23.6 Å². The number of nitrogens with zero attached hydrogens (tertiary/aromatic N) is 3. The standard InChI is InChI=1S/C16H14N4O2S/c1-22-16(21)18-17-10-12-11-20(13-6-3-2-4-7-13)19-15(12)14-8-5-9-23-14/h2-11H,1H3,(H,18,21)/b17-10-. The van der Waals surface area contributed by atoms with Gasteiger partial charge in [-0.3, -0.25) is 0 Å². The van der Waals surface area contributed by atoms with Gasteiger partial charge in [-0.1, -0.05) is 24.3 Å². The summed E-state index contributed by atoms with van der Waals surface area (Å²) in [5.74, 6) is 0. The zero-order valence-electron chi connectivity index (χ0n) is 12.3. The second kappa shape index (κ2) is 6.89. The summed E-state index contributed by atoms with van der Waals surface area (Å²) in [5.41, 5.74) is 4.83. The number of hydrogen-bond donors (Lipinski definition) is 1. The number of thiophene rings is 1. The number of aromatic nitrogens is 2. The van der Waals surface area contributed by atoms with Crippen LogP contribution in [-0.4, -0.2) is 29.2 Å². The molecular weight excluding hydrogens is 312 g/mol. The summed E-state index contributed by atoms with van der Waals surface area (Å²) in [4.78, 5) is 12.1. The van der Waals surface area contributed by atoms with E-state index in [-0.39, 0.29) is 0 Å². The first-order valence-corrected chi connectivity index (χ1v) is 7.72. The van der Waals surface area contributed by atoms with Crippen molar-refractivity contribution in [3.63, 3.8) is 0 Å². The van der Waals surface area contributed by atoms with Crippen LogP contribution in [0.1, 0.15) is 5.56 Å². The van der Waals surface area contributed by atoms with Crippen molar-refractivity contribution in [1.82, 2.24) is 15.2 Å². The third-order valence-electron chi connectivity index (χ3n) is 3.06. The molecule has 0 radical (unpaired) electrons. The molecule has 7 heteroatoms. The Balaban J connectivity index is 1.96. The van der Waals surface area contributed by atoms with Crippen LogP contribution in [0.2, 0.25) is 0 Å². The molecule has 0 saturated heterocycles. The zero-order valence-corrected chi connectivity index (χ0v) is 13.2. The summed E-state index contributed by atoms with van der Waals surface area (Å²) in [5, 5.41) is 10.5. The Kier molecular flexibility index (Phi) is 4.49. The van der Waals surface area contributed by atoms with Gasteiger partial charge in [0.25, 0.3) is 0 Å². The molecule has 23 heavy (non-hydrogen) atoms. The largest absolute Gasteiger partial charge is 0.452 e. The Bertz CT molecular complexity index is 810. The maximum atomic E-state index is 11.1. The lowest BCUT2D eigenvalue weighted by Crippen LogP contribution is -2.16. The SMILES string of the molecule is COC(=O)N/N=C\c1cn(-c2ccccc2)nc1-c1cccs1. The molecule has 1 N–H and O–H groups in total. The summed E-state index contributed by atoms with van der Waals surface area (Å²) in [6, 6.07) is 13.8. The molecule has 0 spiro atoms. The first-order valence-electron chi connectivity index (χ1n) is 6.84. The molecule has 2 heterocycles. The predicted molar refractivity (Wildman–Crippen MR) is 90.0 cm³/mol. The van der Waals surface area contributed by atoms with Crippen LogP contribution in [0.3, 0.4) is 0 Å². The van der Waals surface area contributed by atoms with Crippen LogP contribution in [-0.2, 0) is 4.74 Å². The molecule has 0 aliphatic carbocycles. The highest BCUT2D eigenvalue weighted by atomic mass is 32.1. The molecule has 0 aliphatic heterocycles. The number of para-hydroxylation sites is 1. The van der Waals surface area contributed by atoms with Crippen molar-refractivity contribution in [3.8, 4) is 16.3 Å². The topological polar surface area (TPSA) is 68.5 Å². The van der Waals surface area contributed by atoms with E-state index in [0.717, 1.165) is 21.8 Å². The van der Waals surface area contributed by atoms with Crippen LogP contribution < -0.4 is 5.43 Å². The Hall–Kier alpha value is -2.93. The Morgan fingerprint density at radius 3 is 2.83 bits per heavy atom. The smallest absolute Gasteiger partial charge is 0.427 e. The monoisotopic (exact) mass is 326 g/mol. The molecular formula is C16H14N4O2S. The van der Waals surface area contributed by atoms with Crippen LogP contribution in [0.15, 0.2) is 59.1 Å². The molecule has 0 fully saturated rings. The van der Waals surface area contributed by atoms with Gasteiger partial charge in [0.05, 0.1) is 23.9 Å². The van der Waals surface area contributed by atoms with Crippen LogP contribution in [0, 0.1) is 0 Å². The molecule has 0 atom stereocenters. The van der Waals surface area contributed by atoms with Crippen molar-refractivity contribution in [2.45, 2.75) is 0 Å². The Morgan fingerprint density at radius 1 is 1.30 bits per heavy atom. The van der Waals surface area contributed by atoms with Crippen molar-refractivity contribution in [3.05, 3.63) is 59.6 Å². The van der Waals surface area contributed by atoms with Gasteiger partial charge in [-0.2, -0.15) is 10.2 Å². The molecule has 116 valence electrons. The molecule has 0 aliphatic rings. The van der Waals surface area contributed by atoms with E-state index in [2.05, 4.69) is 20.4 Å². The minimum atomic E-state index is -0.616. The summed E-state index contributed by atoms with van der Waals surface area (Å²) >= 11 is 1.59. The first kappa shape index (κ1) is 15.0. The van der Waals surface area contributed by atoms with Crippen molar-refractivity contribution in [2.24, 2.45) is 5.10 Å². The van der Waals surface area contributed by atoms with Gasteiger partial charge < -0.3 is 4.74 Å². The number of rotatable bonds is 4. The van der Waals surface area contributed by atoms with Gasteiger partial charge in [0.15, 0.2) is 0 Å². The highest BCUT2D eigenvalue weighted by molar-refractivity contribution is 7.13. The number of nitrogens with one attached hydrogen (secondary N) is 1. The lowest BCUT2D eigenvalue weighted by Gasteiger charge is -1.98. The van der Waals surface area contributed by atoms with Crippen LogP contribution in [0.4, 0.5) is 4.79 Å². The maximum Gasteiger partial charge on any atom is 0.427 e. The van der Waals surface area contributed by atoms with E-state index in [0.29, 0.717) is 0 Å². The van der Waals surface area contributed by atoms with E-state index in [4.69, 9.17) is 0 Å². The zero-order chi connectivity index (χ0) is 16.1. The fourth-order valence-electron chi connectivity index (χ4n) is 2.00. The average molecular weight is 326 g/mol. The molecule has 1 aromatic carbocycles. The highest BCUT2D eigenvalue weighted by Crippen LogP contribution is 2.26. The fourth-order valence-corrected chi connectivity index (χ4v) is 2.73. The van der Waals surface area contributed by atoms with Gasteiger partial charge >= 0.3 is 6.09 Å². The third kappa shape index (κ3) is 3.46. The van der Waals surface area contributed by atoms with Crippen LogP contribution >= 0.6 is 11.3 Å². The molecule has 6 nitrogen and oxygen atoms in total. The number of amides is 1. The number of carbonyl (C=O) groups excluding carboxylic acids is 1. The normalized spacial score (nSPS) is 10.8. The minimum Gasteiger partial charge on any atom is -0.452 e. The molecule has 0 bridgehead atoms. The number of carbonyl (C=O) groups is 1. The molecule has 2 aromatic heterocycles. The fraction of sp³-hybridized carbons (Fsp3) is 0.0625. The molecule has 3 aromatic rings. The van der Waals surface area contributed by atoms with Gasteiger partial charge in [-0.25, -0.2) is 14.9 Å². The number of hydrogen-bond acceptors (Lipinski definition) is 5. The van der Waals surface area contributed by atoms with Gasteiger partial charge in [0.1, 0.15) is 5.69 Å². The molecule has 0 saturated carbocycles. The average Bonchev–Trinajstić information content (AvgIpc) is 3.25. The first-order chi connectivity index (χ1) is 11.3. The lowest BCUT2D eigenvalue weighted by molar-refractivity contribution is 0.171. The van der Waals surface area contributed by atoms with Gasteiger partial charge in [0.2, 0.25) is 0 Å². The summed E-state index contributed by atoms with van der Waals surface area (Å²) in [6.07, 6.45) is 2.81. The van der Waals surface area contributed by atoms with Gasteiger partial charge in [0, 0.05) is 11.8 Å². The highest BCUT2D eigenvalue weighted by Gasteiger charge is 2.11. The van der Waals surface area contributed by atoms with Gasteiger partial charge in [-0.15, -0.1) is 11.3 Å². The summed E-state index contributed by atoms with van der Waals surface area (Å²) in [7, 11) is 1.29. The number of hydrazone groups is 1. The van der Waals surface area contributed by atoms with Crippen molar-refractivity contribution in [1.29, 1.82) is 0 Å². The van der Waals surface area contributed by atoms with Crippen molar-refractivity contribution in [2.75, 3.05) is 7.11 Å². The van der Waals surface area contributed by atoms with Crippen LogP contribution in [0.5, 0.6) is 0 Å². The Labute approximate surface area is 137 Å².